The Morgan fingerprint density at radius 3 is 2.79 bits per heavy atom. The summed E-state index contributed by atoms with van der Waals surface area (Å²) < 4.78 is 5.74. The molecule has 19 heavy (non-hydrogen) atoms. The molecular weight excluding hydrogens is 262 g/mol. The zero-order valence-electron chi connectivity index (χ0n) is 9.88. The van der Waals surface area contributed by atoms with Crippen molar-refractivity contribution in [3.8, 4) is 11.6 Å². The van der Waals surface area contributed by atoms with Crippen molar-refractivity contribution in [1.29, 1.82) is 0 Å². The molecule has 2 N–H and O–H groups in total. The van der Waals surface area contributed by atoms with E-state index in [4.69, 9.17) is 22.1 Å². The summed E-state index contributed by atoms with van der Waals surface area (Å²) in [5.74, 6) is 0.934. The van der Waals surface area contributed by atoms with Gasteiger partial charge in [-0.25, -0.2) is 9.97 Å². The third-order valence-electron chi connectivity index (χ3n) is 2.67. The van der Waals surface area contributed by atoms with Crippen LogP contribution in [0.1, 0.15) is 0 Å². The molecule has 0 aliphatic rings. The Morgan fingerprint density at radius 2 is 1.89 bits per heavy atom. The van der Waals surface area contributed by atoms with E-state index in [0.29, 0.717) is 22.3 Å². The Hall–Kier alpha value is -2.33. The van der Waals surface area contributed by atoms with Crippen molar-refractivity contribution in [3.63, 3.8) is 0 Å². The van der Waals surface area contributed by atoms with E-state index in [1.165, 1.54) is 6.33 Å². The van der Waals surface area contributed by atoms with Crippen LogP contribution in [0.15, 0.2) is 48.8 Å². The molecule has 0 aliphatic carbocycles. The van der Waals surface area contributed by atoms with E-state index in [-0.39, 0.29) is 0 Å². The number of para-hydroxylation sites is 1. The van der Waals surface area contributed by atoms with E-state index in [2.05, 4.69) is 9.97 Å². The summed E-state index contributed by atoms with van der Waals surface area (Å²) in [5, 5.41) is 1.31. The molecular formula is C14H10ClN3O. The lowest BCUT2D eigenvalue weighted by Gasteiger charge is -2.09. The number of fused-ring (bicyclic) bond motifs is 1. The number of hydrogen-bond acceptors (Lipinski definition) is 4. The van der Waals surface area contributed by atoms with Crippen LogP contribution in [0, 0.1) is 0 Å². The zero-order valence-corrected chi connectivity index (χ0v) is 10.6. The largest absolute Gasteiger partial charge is 0.437 e. The number of nitrogen functional groups attached to an aromatic ring is 1. The molecule has 0 spiro atoms. The molecule has 3 rings (SSSR count). The summed E-state index contributed by atoms with van der Waals surface area (Å²) in [6.07, 6.45) is 1.46. The first-order valence-electron chi connectivity index (χ1n) is 5.66. The monoisotopic (exact) mass is 271 g/mol. The molecule has 0 amide bonds. The Bertz CT molecular complexity index is 740. The molecule has 0 unspecified atom stereocenters. The molecule has 3 aromatic rings. The summed E-state index contributed by atoms with van der Waals surface area (Å²) >= 11 is 6.07. The Kier molecular flexibility index (Phi) is 2.93. The van der Waals surface area contributed by atoms with Gasteiger partial charge in [-0.15, -0.1) is 0 Å². The predicted octanol–water partition coefficient (Wildman–Crippen LogP) is 3.66. The number of benzene rings is 2. The Morgan fingerprint density at radius 1 is 1.05 bits per heavy atom. The van der Waals surface area contributed by atoms with E-state index < -0.39 is 0 Å². The molecule has 1 aromatic heterocycles. The van der Waals surface area contributed by atoms with Gasteiger partial charge in [0.25, 0.3) is 0 Å². The SMILES string of the molecule is Nc1ccc(Cl)c(Oc2ncnc3ccccc23)c1. The van der Waals surface area contributed by atoms with E-state index in [0.717, 1.165) is 10.9 Å². The predicted molar refractivity (Wildman–Crippen MR) is 75.5 cm³/mol. The maximum Gasteiger partial charge on any atom is 0.230 e. The molecule has 0 saturated heterocycles. The third kappa shape index (κ3) is 2.30. The molecule has 1 heterocycles. The van der Waals surface area contributed by atoms with Crippen LogP contribution in [0.3, 0.4) is 0 Å². The maximum atomic E-state index is 6.07. The minimum atomic E-state index is 0.457. The topological polar surface area (TPSA) is 61.0 Å². The third-order valence-corrected chi connectivity index (χ3v) is 2.98. The molecule has 0 bridgehead atoms. The summed E-state index contributed by atoms with van der Waals surface area (Å²) in [6, 6.07) is 12.7. The molecule has 4 nitrogen and oxygen atoms in total. The van der Waals surface area contributed by atoms with Crippen molar-refractivity contribution in [1.82, 2.24) is 9.97 Å². The standard InChI is InChI=1S/C14H10ClN3O/c15-11-6-5-9(16)7-13(11)19-14-10-3-1-2-4-12(10)17-8-18-14/h1-8H,16H2. The average Bonchev–Trinajstić information content (AvgIpc) is 2.43. The van der Waals surface area contributed by atoms with Crippen molar-refractivity contribution in [2.24, 2.45) is 0 Å². The highest BCUT2D eigenvalue weighted by Gasteiger charge is 2.08. The smallest absolute Gasteiger partial charge is 0.230 e. The second-order valence-corrected chi connectivity index (χ2v) is 4.40. The highest BCUT2D eigenvalue weighted by molar-refractivity contribution is 6.32. The van der Waals surface area contributed by atoms with Crippen molar-refractivity contribution in [2.45, 2.75) is 0 Å². The molecule has 0 fully saturated rings. The van der Waals surface area contributed by atoms with Gasteiger partial charge in [-0.3, -0.25) is 0 Å². The normalized spacial score (nSPS) is 10.6. The van der Waals surface area contributed by atoms with Gasteiger partial charge in [-0.05, 0) is 24.3 Å². The van der Waals surface area contributed by atoms with E-state index in [1.54, 1.807) is 18.2 Å². The molecule has 94 valence electrons. The first-order chi connectivity index (χ1) is 9.24. The fourth-order valence-corrected chi connectivity index (χ4v) is 1.92. The molecule has 0 aliphatic heterocycles. The number of ether oxygens (including phenoxy) is 1. The summed E-state index contributed by atoms with van der Waals surface area (Å²) in [4.78, 5) is 8.31. The number of rotatable bonds is 2. The summed E-state index contributed by atoms with van der Waals surface area (Å²) in [7, 11) is 0. The lowest BCUT2D eigenvalue weighted by molar-refractivity contribution is 0.468. The van der Waals surface area contributed by atoms with E-state index in [9.17, 15) is 0 Å². The lowest BCUT2D eigenvalue weighted by atomic mass is 10.2. The van der Waals surface area contributed by atoms with Gasteiger partial charge in [-0.2, -0.15) is 0 Å². The van der Waals surface area contributed by atoms with Crippen LogP contribution in [0.2, 0.25) is 5.02 Å². The van der Waals surface area contributed by atoms with Gasteiger partial charge in [0.2, 0.25) is 5.88 Å². The van der Waals surface area contributed by atoms with Crippen molar-refractivity contribution >= 4 is 28.2 Å². The van der Waals surface area contributed by atoms with Gasteiger partial charge in [0.1, 0.15) is 12.1 Å². The van der Waals surface area contributed by atoms with Crippen LogP contribution in [0.4, 0.5) is 5.69 Å². The van der Waals surface area contributed by atoms with Crippen LogP contribution in [0.25, 0.3) is 10.9 Å². The fraction of sp³-hybridized carbons (Fsp3) is 0. The van der Waals surface area contributed by atoms with Gasteiger partial charge in [0, 0.05) is 11.8 Å². The first-order valence-corrected chi connectivity index (χ1v) is 6.04. The average molecular weight is 272 g/mol. The minimum Gasteiger partial charge on any atom is -0.437 e. The Labute approximate surface area is 114 Å². The molecule has 0 atom stereocenters. The minimum absolute atomic E-state index is 0.457. The lowest BCUT2D eigenvalue weighted by Crippen LogP contribution is -1.93. The van der Waals surface area contributed by atoms with E-state index >= 15 is 0 Å². The van der Waals surface area contributed by atoms with Crippen LogP contribution in [-0.2, 0) is 0 Å². The highest BCUT2D eigenvalue weighted by atomic mass is 35.5. The Balaban J connectivity index is 2.08. The van der Waals surface area contributed by atoms with Gasteiger partial charge in [0.05, 0.1) is 15.9 Å². The number of anilines is 1. The highest BCUT2D eigenvalue weighted by Crippen LogP contribution is 2.32. The first kappa shape index (κ1) is 11.7. The summed E-state index contributed by atoms with van der Waals surface area (Å²) in [5.41, 5.74) is 7.12. The van der Waals surface area contributed by atoms with E-state index in [1.807, 2.05) is 24.3 Å². The molecule has 5 heteroatoms. The van der Waals surface area contributed by atoms with Gasteiger partial charge >= 0.3 is 0 Å². The maximum absolute atomic E-state index is 6.07. The number of aromatic nitrogens is 2. The van der Waals surface area contributed by atoms with Gasteiger partial charge < -0.3 is 10.5 Å². The van der Waals surface area contributed by atoms with Crippen molar-refractivity contribution in [3.05, 3.63) is 53.8 Å². The molecule has 2 aromatic carbocycles. The second kappa shape index (κ2) is 4.74. The van der Waals surface area contributed by atoms with Gasteiger partial charge in [-0.1, -0.05) is 23.7 Å². The second-order valence-electron chi connectivity index (χ2n) is 3.99. The zero-order chi connectivity index (χ0) is 13.2. The number of hydrogen-bond donors (Lipinski definition) is 1. The number of nitrogens with zero attached hydrogens (tertiary/aromatic N) is 2. The number of nitrogens with two attached hydrogens (primary N) is 1. The molecule has 0 radical (unpaired) electrons. The van der Waals surface area contributed by atoms with Crippen LogP contribution >= 0.6 is 11.6 Å². The van der Waals surface area contributed by atoms with Gasteiger partial charge in [0.15, 0.2) is 0 Å². The van der Waals surface area contributed by atoms with Crippen LogP contribution < -0.4 is 10.5 Å². The van der Waals surface area contributed by atoms with Crippen LogP contribution in [-0.4, -0.2) is 9.97 Å². The molecule has 0 saturated carbocycles. The quantitative estimate of drug-likeness (QED) is 0.723. The van der Waals surface area contributed by atoms with Crippen molar-refractivity contribution in [2.75, 3.05) is 5.73 Å². The van der Waals surface area contributed by atoms with Crippen molar-refractivity contribution < 1.29 is 4.74 Å². The van der Waals surface area contributed by atoms with Crippen LogP contribution in [0.5, 0.6) is 11.6 Å². The fourth-order valence-electron chi connectivity index (χ4n) is 1.76. The summed E-state index contributed by atoms with van der Waals surface area (Å²) in [6.45, 7) is 0. The number of halogens is 1.